The number of carbonyl (C=O) groups excluding carboxylic acids is 2. The molecule has 0 saturated carbocycles. The van der Waals surface area contributed by atoms with E-state index in [2.05, 4.69) is 31.2 Å². The number of nitrogens with zero attached hydrogens (tertiary/aromatic N) is 5. The Kier molecular flexibility index (Phi) is 7.78. The van der Waals surface area contributed by atoms with Crippen molar-refractivity contribution in [1.82, 2.24) is 30.2 Å². The second-order valence-electron chi connectivity index (χ2n) is 8.26. The van der Waals surface area contributed by atoms with Gasteiger partial charge in [0.05, 0.1) is 26.0 Å². The number of hydrogen-bond acceptors (Lipinski definition) is 7. The van der Waals surface area contributed by atoms with Crippen molar-refractivity contribution in [2.75, 3.05) is 37.4 Å². The molecular formula is C23H27ClN8O3. The smallest absolute Gasteiger partial charge is 0.319 e. The van der Waals surface area contributed by atoms with E-state index in [0.29, 0.717) is 41.8 Å². The maximum atomic E-state index is 12.7. The van der Waals surface area contributed by atoms with Gasteiger partial charge in [-0.3, -0.25) is 14.7 Å². The Morgan fingerprint density at radius 1 is 1.14 bits per heavy atom. The number of aryl methyl sites for hydroxylation is 1. The number of nitrogens with one attached hydrogen (secondary N) is 3. The number of methoxy groups -OCH3 is 1. The lowest BCUT2D eigenvalue weighted by Crippen LogP contribution is -2.52. The second kappa shape index (κ2) is 11.2. The molecule has 12 heteroatoms. The first-order valence-electron chi connectivity index (χ1n) is 11.1. The Balaban J connectivity index is 1.43. The maximum Gasteiger partial charge on any atom is 0.319 e. The van der Waals surface area contributed by atoms with E-state index in [1.165, 1.54) is 10.9 Å². The number of likely N-dealkylation sites (tertiary alicyclic amines) is 1. The molecule has 184 valence electrons. The van der Waals surface area contributed by atoms with Crippen LogP contribution in [0.5, 0.6) is 5.75 Å². The molecule has 1 fully saturated rings. The first-order chi connectivity index (χ1) is 16.9. The van der Waals surface area contributed by atoms with E-state index >= 15 is 0 Å². The molecular weight excluding hydrogens is 472 g/mol. The number of halogens is 1. The molecule has 4 rings (SSSR count). The van der Waals surface area contributed by atoms with Gasteiger partial charge in [-0.05, 0) is 42.8 Å². The largest absolute Gasteiger partial charge is 0.495 e. The normalized spacial score (nSPS) is 18.0. The van der Waals surface area contributed by atoms with Crippen LogP contribution < -0.4 is 20.7 Å². The third-order valence-corrected chi connectivity index (χ3v) is 6.09. The number of hydrogen-bond donors (Lipinski definition) is 3. The first kappa shape index (κ1) is 24.4. The predicted molar refractivity (Wildman–Crippen MR) is 132 cm³/mol. The number of piperidine rings is 1. The lowest BCUT2D eigenvalue weighted by molar-refractivity contribution is -0.117. The monoisotopic (exact) mass is 498 g/mol. The van der Waals surface area contributed by atoms with Crippen molar-refractivity contribution >= 4 is 35.0 Å². The number of benzene rings is 1. The van der Waals surface area contributed by atoms with Crippen molar-refractivity contribution in [3.63, 3.8) is 0 Å². The van der Waals surface area contributed by atoms with E-state index in [1.54, 1.807) is 44.6 Å². The van der Waals surface area contributed by atoms with Gasteiger partial charge in [-0.15, -0.1) is 5.10 Å². The van der Waals surface area contributed by atoms with Gasteiger partial charge < -0.3 is 20.7 Å². The fourth-order valence-electron chi connectivity index (χ4n) is 4.02. The molecule has 35 heavy (non-hydrogen) atoms. The number of pyridine rings is 1. The van der Waals surface area contributed by atoms with E-state index in [1.807, 2.05) is 17.0 Å². The Labute approximate surface area is 207 Å². The van der Waals surface area contributed by atoms with E-state index < -0.39 is 0 Å². The molecule has 3 heterocycles. The third kappa shape index (κ3) is 6.46. The zero-order valence-electron chi connectivity index (χ0n) is 19.4. The molecule has 1 aliphatic heterocycles. The van der Waals surface area contributed by atoms with Gasteiger partial charge in [0.25, 0.3) is 0 Å². The van der Waals surface area contributed by atoms with Crippen LogP contribution in [0.15, 0.2) is 48.8 Å². The molecule has 2 atom stereocenters. The minimum atomic E-state index is -0.314. The highest BCUT2D eigenvalue weighted by atomic mass is 35.5. The molecule has 3 aromatic rings. The molecule has 1 aliphatic rings. The van der Waals surface area contributed by atoms with Crippen LogP contribution in [0.3, 0.4) is 0 Å². The van der Waals surface area contributed by atoms with E-state index in [9.17, 15) is 9.59 Å². The predicted octanol–water partition coefficient (Wildman–Crippen LogP) is 2.49. The lowest BCUT2D eigenvalue weighted by Gasteiger charge is -2.38. The van der Waals surface area contributed by atoms with Crippen LogP contribution in [-0.2, 0) is 11.8 Å². The van der Waals surface area contributed by atoms with Gasteiger partial charge in [-0.25, -0.2) is 9.48 Å². The van der Waals surface area contributed by atoms with Gasteiger partial charge in [-0.1, -0.05) is 16.8 Å². The Morgan fingerprint density at radius 2 is 1.94 bits per heavy atom. The molecule has 0 aliphatic carbocycles. The van der Waals surface area contributed by atoms with Crippen molar-refractivity contribution in [3.8, 4) is 5.75 Å². The quantitative estimate of drug-likeness (QED) is 0.456. The number of aromatic nitrogens is 4. The summed E-state index contributed by atoms with van der Waals surface area (Å²) in [6.45, 7) is 1.37. The summed E-state index contributed by atoms with van der Waals surface area (Å²) in [5, 5.41) is 16.9. The van der Waals surface area contributed by atoms with Crippen molar-refractivity contribution in [1.29, 1.82) is 0 Å². The number of carbonyl (C=O) groups is 2. The van der Waals surface area contributed by atoms with Crippen molar-refractivity contribution < 1.29 is 14.3 Å². The highest BCUT2D eigenvalue weighted by Gasteiger charge is 2.33. The summed E-state index contributed by atoms with van der Waals surface area (Å²) in [5.74, 6) is 0.884. The molecule has 0 spiro atoms. The van der Waals surface area contributed by atoms with Crippen LogP contribution in [-0.4, -0.2) is 69.6 Å². The first-order valence-corrected chi connectivity index (χ1v) is 11.5. The molecule has 0 bridgehead atoms. The van der Waals surface area contributed by atoms with Crippen molar-refractivity contribution in [3.05, 3.63) is 59.5 Å². The molecule has 2 unspecified atom stereocenters. The summed E-state index contributed by atoms with van der Waals surface area (Å²) < 4.78 is 6.73. The van der Waals surface area contributed by atoms with Gasteiger partial charge in [0.1, 0.15) is 5.75 Å². The topological polar surface area (TPSA) is 126 Å². The third-order valence-electron chi connectivity index (χ3n) is 5.84. The van der Waals surface area contributed by atoms with Crippen molar-refractivity contribution in [2.24, 2.45) is 7.05 Å². The van der Waals surface area contributed by atoms with Gasteiger partial charge in [0.15, 0.2) is 5.82 Å². The standard InChI is InChI=1S/C23H27ClN8O3/c1-31-21(12-26-30-31)29-22(33)14-32-10-9-20(18(13-32)19-8-7-17(35-2)11-25-19)28-23(34)27-16-5-3-15(24)4-6-16/h3-8,11-12,18,20H,9-10,13-14H2,1-2H3,(H,29,33)(H2,27,28,34). The number of urea groups is 1. The maximum absolute atomic E-state index is 12.7. The average Bonchev–Trinajstić information content (AvgIpc) is 3.25. The minimum Gasteiger partial charge on any atom is -0.495 e. The van der Waals surface area contributed by atoms with Gasteiger partial charge in [0, 0.05) is 48.5 Å². The summed E-state index contributed by atoms with van der Waals surface area (Å²) in [6, 6.07) is 10.1. The zero-order valence-corrected chi connectivity index (χ0v) is 20.2. The highest BCUT2D eigenvalue weighted by molar-refractivity contribution is 6.30. The molecule has 0 radical (unpaired) electrons. The van der Waals surface area contributed by atoms with Gasteiger partial charge in [-0.2, -0.15) is 0 Å². The fourth-order valence-corrected chi connectivity index (χ4v) is 4.15. The molecule has 11 nitrogen and oxygen atoms in total. The Hall–Kier alpha value is -3.70. The van der Waals surface area contributed by atoms with Crippen LogP contribution in [0.2, 0.25) is 5.02 Å². The molecule has 1 aromatic carbocycles. The number of amides is 3. The summed E-state index contributed by atoms with van der Waals surface area (Å²) in [5.41, 5.74) is 1.45. The van der Waals surface area contributed by atoms with Crippen LogP contribution in [0.4, 0.5) is 16.3 Å². The number of anilines is 2. The summed E-state index contributed by atoms with van der Waals surface area (Å²) in [7, 11) is 3.29. The Bertz CT molecular complexity index is 1150. The minimum absolute atomic E-state index is 0.128. The Morgan fingerprint density at radius 3 is 2.60 bits per heavy atom. The van der Waals surface area contributed by atoms with Crippen molar-refractivity contribution in [2.45, 2.75) is 18.4 Å². The van der Waals surface area contributed by atoms with E-state index in [-0.39, 0.29) is 30.4 Å². The van der Waals surface area contributed by atoms with E-state index in [4.69, 9.17) is 16.3 Å². The van der Waals surface area contributed by atoms with Gasteiger partial charge >= 0.3 is 6.03 Å². The van der Waals surface area contributed by atoms with Crippen LogP contribution in [0, 0.1) is 0 Å². The molecule has 3 N–H and O–H groups in total. The van der Waals surface area contributed by atoms with Gasteiger partial charge in [0.2, 0.25) is 5.91 Å². The fraction of sp³-hybridized carbons (Fsp3) is 0.348. The molecule has 3 amide bonds. The number of rotatable bonds is 7. The summed E-state index contributed by atoms with van der Waals surface area (Å²) in [4.78, 5) is 31.9. The molecule has 1 saturated heterocycles. The van der Waals surface area contributed by atoms with E-state index in [0.717, 1.165) is 5.69 Å². The summed E-state index contributed by atoms with van der Waals surface area (Å²) >= 11 is 5.92. The van der Waals surface area contributed by atoms with Crippen LogP contribution in [0.25, 0.3) is 0 Å². The highest BCUT2D eigenvalue weighted by Crippen LogP contribution is 2.27. The lowest BCUT2D eigenvalue weighted by atomic mass is 9.88. The van der Waals surface area contributed by atoms with Crippen LogP contribution >= 0.6 is 11.6 Å². The SMILES string of the molecule is COc1ccc(C2CN(CC(=O)Nc3cnnn3C)CCC2NC(=O)Nc2ccc(Cl)cc2)nc1. The number of ether oxygens (including phenoxy) is 1. The zero-order chi connectivity index (χ0) is 24.8. The van der Waals surface area contributed by atoms with Crippen LogP contribution in [0.1, 0.15) is 18.0 Å². The second-order valence-corrected chi connectivity index (χ2v) is 8.69. The molecule has 2 aromatic heterocycles. The average molecular weight is 499 g/mol. The summed E-state index contributed by atoms with van der Waals surface area (Å²) in [6.07, 6.45) is 3.80.